The minimum absolute atomic E-state index is 0.647. The van der Waals surface area contributed by atoms with E-state index in [4.69, 9.17) is 23.2 Å². The van der Waals surface area contributed by atoms with Gasteiger partial charge in [-0.3, -0.25) is 0 Å². The van der Waals surface area contributed by atoms with Crippen LogP contribution in [0.1, 0.15) is 0 Å². The van der Waals surface area contributed by atoms with Crippen LogP contribution in [0.25, 0.3) is 0 Å². The summed E-state index contributed by atoms with van der Waals surface area (Å²) < 4.78 is 0. The molecule has 0 N–H and O–H groups in total. The van der Waals surface area contributed by atoms with Gasteiger partial charge < -0.3 is 0 Å². The largest absolute Gasteiger partial charge is 0.0919 e. The minimum atomic E-state index is 0.647. The van der Waals surface area contributed by atoms with E-state index in [1.165, 1.54) is 0 Å². The number of halogens is 2. The van der Waals surface area contributed by atoms with Gasteiger partial charge in [-0.05, 0) is 18.0 Å². The first-order valence-corrected chi connectivity index (χ1v) is 5.13. The van der Waals surface area contributed by atoms with Crippen LogP contribution in [-0.4, -0.2) is 6.66 Å². The second-order valence-electron chi connectivity index (χ2n) is 1.85. The average Bonchev–Trinajstić information content (AvgIpc) is 1.95. The van der Waals surface area contributed by atoms with Crippen LogP contribution in [0.15, 0.2) is 18.2 Å². The van der Waals surface area contributed by atoms with E-state index in [1.54, 1.807) is 6.07 Å². The molecule has 0 nitrogen and oxygen atoms in total. The lowest BCUT2D eigenvalue weighted by atomic mass is 10.4. The predicted octanol–water partition coefficient (Wildman–Crippen LogP) is 2.93. The molecule has 1 aromatic rings. The molecule has 0 heterocycles. The van der Waals surface area contributed by atoms with E-state index in [0.29, 0.717) is 18.6 Å². The molecule has 1 aromatic carbocycles. The fourth-order valence-corrected chi connectivity index (χ4v) is 1.98. The molecule has 0 saturated heterocycles. The maximum atomic E-state index is 5.87. The van der Waals surface area contributed by atoms with Crippen LogP contribution < -0.4 is 5.30 Å². The third kappa shape index (κ3) is 1.63. The number of hydrogen-bond donors (Lipinski definition) is 0. The first-order chi connectivity index (χ1) is 4.75. The summed E-state index contributed by atoms with van der Waals surface area (Å²) in [4.78, 5) is 0. The highest BCUT2D eigenvalue weighted by Crippen LogP contribution is 2.22. The Balaban J connectivity index is 3.14. The Morgan fingerprint density at radius 1 is 1.30 bits per heavy atom. The molecule has 1 unspecified atom stereocenters. The number of rotatable bonds is 1. The summed E-state index contributed by atoms with van der Waals surface area (Å²) in [5, 5.41) is 2.48. The minimum Gasteiger partial charge on any atom is -0.0919 e. The van der Waals surface area contributed by atoms with Crippen molar-refractivity contribution in [1.29, 1.82) is 0 Å². The summed E-state index contributed by atoms with van der Waals surface area (Å²) in [7, 11) is 0.709. The van der Waals surface area contributed by atoms with Crippen LogP contribution in [0.2, 0.25) is 10.0 Å². The molecule has 0 saturated carbocycles. The van der Waals surface area contributed by atoms with E-state index in [9.17, 15) is 0 Å². The zero-order valence-corrected chi connectivity index (χ0v) is 8.00. The summed E-state index contributed by atoms with van der Waals surface area (Å²) in [6.45, 7) is 2.08. The maximum absolute atomic E-state index is 5.87. The van der Waals surface area contributed by atoms with E-state index in [1.807, 2.05) is 12.1 Å². The van der Waals surface area contributed by atoms with Gasteiger partial charge >= 0.3 is 0 Å². The van der Waals surface area contributed by atoms with E-state index in [0.717, 1.165) is 5.30 Å². The molecule has 0 aliphatic rings. The Hall–Kier alpha value is 0.230. The van der Waals surface area contributed by atoms with Crippen molar-refractivity contribution in [2.75, 3.05) is 6.66 Å². The third-order valence-electron chi connectivity index (χ3n) is 1.22. The predicted molar refractivity (Wildman–Crippen MR) is 50.3 cm³/mol. The summed E-state index contributed by atoms with van der Waals surface area (Å²) in [6, 6.07) is 5.71. The third-order valence-corrected chi connectivity index (χ3v) is 3.15. The number of benzene rings is 1. The topological polar surface area (TPSA) is 0 Å². The van der Waals surface area contributed by atoms with E-state index in [2.05, 4.69) is 6.66 Å². The van der Waals surface area contributed by atoms with Crippen LogP contribution in [0.5, 0.6) is 0 Å². The van der Waals surface area contributed by atoms with Crippen molar-refractivity contribution in [3.63, 3.8) is 0 Å². The highest BCUT2D eigenvalue weighted by molar-refractivity contribution is 7.46. The van der Waals surface area contributed by atoms with E-state index in [-0.39, 0.29) is 0 Å². The SMILES string of the molecule is CPc1cccc(Cl)c1Cl. The quantitative estimate of drug-likeness (QED) is 0.601. The van der Waals surface area contributed by atoms with Crippen LogP contribution in [0.3, 0.4) is 0 Å². The second kappa shape index (κ2) is 3.57. The van der Waals surface area contributed by atoms with Gasteiger partial charge in [-0.1, -0.05) is 43.9 Å². The van der Waals surface area contributed by atoms with Crippen LogP contribution >= 0.6 is 31.8 Å². The lowest BCUT2D eigenvalue weighted by Crippen LogP contribution is -1.94. The smallest absolute Gasteiger partial charge is 0.0666 e. The first kappa shape index (κ1) is 8.33. The molecule has 0 fully saturated rings. The fraction of sp³-hybridized carbons (Fsp3) is 0.143. The molecule has 1 rings (SSSR count). The van der Waals surface area contributed by atoms with Crippen molar-refractivity contribution >= 4 is 37.1 Å². The van der Waals surface area contributed by atoms with Crippen LogP contribution in [0, 0.1) is 0 Å². The standard InChI is InChI=1S/C7H7Cl2P/c1-10-6-4-2-3-5(8)7(6)9/h2-4,10H,1H3. The van der Waals surface area contributed by atoms with Gasteiger partial charge in [-0.25, -0.2) is 0 Å². The van der Waals surface area contributed by atoms with Gasteiger partial charge in [0, 0.05) is 0 Å². The monoisotopic (exact) mass is 192 g/mol. The molecular weight excluding hydrogens is 186 g/mol. The van der Waals surface area contributed by atoms with Gasteiger partial charge in [0.1, 0.15) is 0 Å². The van der Waals surface area contributed by atoms with Crippen molar-refractivity contribution in [2.45, 2.75) is 0 Å². The van der Waals surface area contributed by atoms with Crippen molar-refractivity contribution in [1.82, 2.24) is 0 Å². The normalized spacial score (nSPS) is 11.1. The average molecular weight is 193 g/mol. The Morgan fingerprint density at radius 2 is 2.00 bits per heavy atom. The first-order valence-electron chi connectivity index (χ1n) is 2.87. The molecule has 0 aromatic heterocycles. The summed E-state index contributed by atoms with van der Waals surface area (Å²) in [5.41, 5.74) is 0. The molecule has 0 aliphatic carbocycles. The Kier molecular flexibility index (Phi) is 2.97. The van der Waals surface area contributed by atoms with Gasteiger partial charge in [0.2, 0.25) is 0 Å². The molecule has 10 heavy (non-hydrogen) atoms. The molecule has 54 valence electrons. The van der Waals surface area contributed by atoms with Gasteiger partial charge in [0.15, 0.2) is 0 Å². The number of hydrogen-bond acceptors (Lipinski definition) is 0. The molecule has 0 spiro atoms. The molecule has 0 radical (unpaired) electrons. The maximum Gasteiger partial charge on any atom is 0.0666 e. The van der Waals surface area contributed by atoms with Gasteiger partial charge in [0.25, 0.3) is 0 Å². The Morgan fingerprint density at radius 3 is 2.50 bits per heavy atom. The Bertz CT molecular complexity index is 235. The fourth-order valence-electron chi connectivity index (χ4n) is 0.697. The summed E-state index contributed by atoms with van der Waals surface area (Å²) in [6.07, 6.45) is 0. The van der Waals surface area contributed by atoms with Crippen LogP contribution in [-0.2, 0) is 0 Å². The highest BCUT2D eigenvalue weighted by atomic mass is 35.5. The van der Waals surface area contributed by atoms with Gasteiger partial charge in [-0.2, -0.15) is 0 Å². The van der Waals surface area contributed by atoms with E-state index >= 15 is 0 Å². The van der Waals surface area contributed by atoms with Crippen molar-refractivity contribution in [3.8, 4) is 0 Å². The zero-order chi connectivity index (χ0) is 7.56. The summed E-state index contributed by atoms with van der Waals surface area (Å²) in [5.74, 6) is 0. The molecule has 3 heteroatoms. The van der Waals surface area contributed by atoms with E-state index < -0.39 is 0 Å². The second-order valence-corrected chi connectivity index (χ2v) is 3.68. The van der Waals surface area contributed by atoms with Crippen molar-refractivity contribution in [3.05, 3.63) is 28.2 Å². The lowest BCUT2D eigenvalue weighted by molar-refractivity contribution is 1.77. The van der Waals surface area contributed by atoms with Crippen LogP contribution in [0.4, 0.5) is 0 Å². The lowest BCUT2D eigenvalue weighted by Gasteiger charge is -2.00. The van der Waals surface area contributed by atoms with Gasteiger partial charge in [-0.15, -0.1) is 0 Å². The van der Waals surface area contributed by atoms with Crippen molar-refractivity contribution in [2.24, 2.45) is 0 Å². The molecular formula is C7H7Cl2P. The molecule has 0 aliphatic heterocycles. The highest BCUT2D eigenvalue weighted by Gasteiger charge is 2.00. The van der Waals surface area contributed by atoms with Gasteiger partial charge in [0.05, 0.1) is 10.0 Å². The molecule has 0 bridgehead atoms. The Labute approximate surface area is 72.3 Å². The molecule has 1 atom stereocenters. The van der Waals surface area contributed by atoms with Crippen molar-refractivity contribution < 1.29 is 0 Å². The zero-order valence-electron chi connectivity index (χ0n) is 5.49. The summed E-state index contributed by atoms with van der Waals surface area (Å²) >= 11 is 11.6. The molecule has 0 amide bonds.